The van der Waals surface area contributed by atoms with Gasteiger partial charge in [-0.15, -0.1) is 0 Å². The van der Waals surface area contributed by atoms with Crippen LogP contribution in [0, 0.1) is 0 Å². The van der Waals surface area contributed by atoms with E-state index in [0.29, 0.717) is 6.54 Å². The lowest BCUT2D eigenvalue weighted by Gasteiger charge is -2.22. The van der Waals surface area contributed by atoms with E-state index in [1.807, 2.05) is 67.6 Å². The minimum absolute atomic E-state index is 0.0857. The van der Waals surface area contributed by atoms with Crippen LogP contribution in [0.25, 0.3) is 0 Å². The summed E-state index contributed by atoms with van der Waals surface area (Å²) in [6.07, 6.45) is 0. The number of rotatable bonds is 6. The van der Waals surface area contributed by atoms with Gasteiger partial charge >= 0.3 is 5.97 Å². The molecule has 0 radical (unpaired) electrons. The Labute approximate surface area is 119 Å². The van der Waals surface area contributed by atoms with Crippen molar-refractivity contribution in [2.45, 2.75) is 25.4 Å². The highest BCUT2D eigenvalue weighted by Gasteiger charge is 2.25. The number of aliphatic carboxylic acids is 1. The van der Waals surface area contributed by atoms with E-state index in [-0.39, 0.29) is 5.92 Å². The summed E-state index contributed by atoms with van der Waals surface area (Å²) in [4.78, 5) is 11.5. The minimum atomic E-state index is -0.822. The predicted molar refractivity (Wildman–Crippen MR) is 79.6 cm³/mol. The zero-order valence-corrected chi connectivity index (χ0v) is 11.5. The van der Waals surface area contributed by atoms with Crippen LogP contribution in [0.2, 0.25) is 0 Å². The number of benzene rings is 2. The van der Waals surface area contributed by atoms with Crippen molar-refractivity contribution >= 4 is 5.97 Å². The Morgan fingerprint density at radius 1 is 1.05 bits per heavy atom. The molecule has 1 unspecified atom stereocenters. The predicted octanol–water partition coefficient (Wildman–Crippen LogP) is 3.03. The SMILES string of the molecule is CC(c1ccccc1)[C@H](NCc1ccccc1)C(=O)O. The standard InChI is InChI=1S/C17H19NO2/c1-13(15-10-6-3-7-11-15)16(17(19)20)18-12-14-8-4-2-5-9-14/h2-11,13,16,18H,12H2,1H3,(H,19,20)/t13?,16-/m0/s1. The van der Waals surface area contributed by atoms with Crippen molar-refractivity contribution in [2.24, 2.45) is 0 Å². The van der Waals surface area contributed by atoms with Crippen molar-refractivity contribution in [1.82, 2.24) is 5.32 Å². The molecule has 0 aliphatic heterocycles. The summed E-state index contributed by atoms with van der Waals surface area (Å²) in [5.41, 5.74) is 2.11. The van der Waals surface area contributed by atoms with Crippen molar-refractivity contribution < 1.29 is 9.90 Å². The lowest BCUT2D eigenvalue weighted by atomic mass is 9.93. The summed E-state index contributed by atoms with van der Waals surface area (Å²) in [7, 11) is 0. The van der Waals surface area contributed by atoms with Crippen LogP contribution in [-0.2, 0) is 11.3 Å². The van der Waals surface area contributed by atoms with E-state index >= 15 is 0 Å². The molecule has 0 aliphatic carbocycles. The molecule has 0 bridgehead atoms. The summed E-state index contributed by atoms with van der Waals surface area (Å²) in [5.74, 6) is -0.908. The zero-order chi connectivity index (χ0) is 14.4. The van der Waals surface area contributed by atoms with Crippen molar-refractivity contribution in [3.8, 4) is 0 Å². The summed E-state index contributed by atoms with van der Waals surface area (Å²) >= 11 is 0. The van der Waals surface area contributed by atoms with Gasteiger partial charge in [0.25, 0.3) is 0 Å². The number of hydrogen-bond donors (Lipinski definition) is 2. The molecule has 3 heteroatoms. The van der Waals surface area contributed by atoms with Gasteiger partial charge in [0.05, 0.1) is 0 Å². The minimum Gasteiger partial charge on any atom is -0.480 e. The number of carbonyl (C=O) groups is 1. The van der Waals surface area contributed by atoms with E-state index in [4.69, 9.17) is 0 Å². The lowest BCUT2D eigenvalue weighted by Crippen LogP contribution is -2.40. The van der Waals surface area contributed by atoms with Crippen molar-refractivity contribution in [3.05, 3.63) is 71.8 Å². The maximum atomic E-state index is 11.5. The van der Waals surface area contributed by atoms with Crippen LogP contribution >= 0.6 is 0 Å². The first-order valence-electron chi connectivity index (χ1n) is 6.73. The summed E-state index contributed by atoms with van der Waals surface area (Å²) in [6, 6.07) is 18.9. The molecule has 0 saturated carbocycles. The van der Waals surface area contributed by atoms with Crippen molar-refractivity contribution in [1.29, 1.82) is 0 Å². The van der Waals surface area contributed by atoms with E-state index in [1.54, 1.807) is 0 Å². The summed E-state index contributed by atoms with van der Waals surface area (Å²) < 4.78 is 0. The Morgan fingerprint density at radius 2 is 1.60 bits per heavy atom. The number of nitrogens with one attached hydrogen (secondary N) is 1. The molecule has 0 aliphatic rings. The smallest absolute Gasteiger partial charge is 0.321 e. The van der Waals surface area contributed by atoms with Crippen LogP contribution in [0.5, 0.6) is 0 Å². The number of carboxylic acid groups (broad SMARTS) is 1. The van der Waals surface area contributed by atoms with E-state index in [2.05, 4.69) is 5.32 Å². The molecule has 20 heavy (non-hydrogen) atoms. The number of carboxylic acids is 1. The van der Waals surface area contributed by atoms with Gasteiger partial charge in [0.15, 0.2) is 0 Å². The normalized spacial score (nSPS) is 13.7. The summed E-state index contributed by atoms with van der Waals surface area (Å²) in [5, 5.41) is 12.6. The first kappa shape index (κ1) is 14.3. The van der Waals surface area contributed by atoms with Gasteiger partial charge in [-0.3, -0.25) is 10.1 Å². The van der Waals surface area contributed by atoms with Gasteiger partial charge in [-0.05, 0) is 11.1 Å². The van der Waals surface area contributed by atoms with Gasteiger partial charge in [0.1, 0.15) is 6.04 Å². The molecule has 0 amide bonds. The zero-order valence-electron chi connectivity index (χ0n) is 11.5. The molecule has 2 aromatic carbocycles. The average molecular weight is 269 g/mol. The Bertz CT molecular complexity index is 539. The van der Waals surface area contributed by atoms with Gasteiger partial charge < -0.3 is 5.11 Å². The van der Waals surface area contributed by atoms with Crippen molar-refractivity contribution in [2.75, 3.05) is 0 Å². The average Bonchev–Trinajstić information content (AvgIpc) is 2.49. The maximum Gasteiger partial charge on any atom is 0.321 e. The Balaban J connectivity index is 2.06. The molecule has 2 N–H and O–H groups in total. The largest absolute Gasteiger partial charge is 0.480 e. The van der Waals surface area contributed by atoms with Crippen LogP contribution in [0.15, 0.2) is 60.7 Å². The Hall–Kier alpha value is -2.13. The van der Waals surface area contributed by atoms with Crippen molar-refractivity contribution in [3.63, 3.8) is 0 Å². The third-order valence-corrected chi connectivity index (χ3v) is 3.46. The topological polar surface area (TPSA) is 49.3 Å². The first-order valence-corrected chi connectivity index (χ1v) is 6.73. The van der Waals surface area contributed by atoms with E-state index < -0.39 is 12.0 Å². The maximum absolute atomic E-state index is 11.5. The highest BCUT2D eigenvalue weighted by molar-refractivity contribution is 5.75. The van der Waals surface area contributed by atoms with Gasteiger partial charge in [-0.25, -0.2) is 0 Å². The molecular weight excluding hydrogens is 250 g/mol. The molecule has 2 rings (SSSR count). The van der Waals surface area contributed by atoms with Crippen LogP contribution in [0.4, 0.5) is 0 Å². The second kappa shape index (κ2) is 6.87. The van der Waals surface area contributed by atoms with E-state index in [9.17, 15) is 9.90 Å². The van der Waals surface area contributed by atoms with Crippen LogP contribution in [0.3, 0.4) is 0 Å². The monoisotopic (exact) mass is 269 g/mol. The third-order valence-electron chi connectivity index (χ3n) is 3.46. The molecule has 2 atom stereocenters. The van der Waals surface area contributed by atoms with E-state index in [1.165, 1.54) is 0 Å². The third kappa shape index (κ3) is 3.68. The number of hydrogen-bond acceptors (Lipinski definition) is 2. The van der Waals surface area contributed by atoms with Gasteiger partial charge in [0.2, 0.25) is 0 Å². The molecular formula is C17H19NO2. The molecule has 0 spiro atoms. The molecule has 0 heterocycles. The van der Waals surface area contributed by atoms with Gasteiger partial charge in [-0.1, -0.05) is 67.6 Å². The van der Waals surface area contributed by atoms with Crippen LogP contribution < -0.4 is 5.32 Å². The summed E-state index contributed by atoms with van der Waals surface area (Å²) in [6.45, 7) is 2.49. The second-order valence-electron chi connectivity index (χ2n) is 4.88. The molecule has 0 aromatic heterocycles. The fraction of sp³-hybridized carbons (Fsp3) is 0.235. The van der Waals surface area contributed by atoms with Gasteiger partial charge in [0, 0.05) is 12.5 Å². The Morgan fingerprint density at radius 3 is 2.15 bits per heavy atom. The lowest BCUT2D eigenvalue weighted by molar-refractivity contribution is -0.140. The Kier molecular flexibility index (Phi) is 4.91. The van der Waals surface area contributed by atoms with Crippen LogP contribution in [-0.4, -0.2) is 17.1 Å². The molecule has 3 nitrogen and oxygen atoms in total. The quantitative estimate of drug-likeness (QED) is 0.847. The molecule has 0 fully saturated rings. The fourth-order valence-electron chi connectivity index (χ4n) is 2.25. The fourth-order valence-corrected chi connectivity index (χ4v) is 2.25. The first-order chi connectivity index (χ1) is 9.68. The van der Waals surface area contributed by atoms with E-state index in [0.717, 1.165) is 11.1 Å². The second-order valence-corrected chi connectivity index (χ2v) is 4.88. The highest BCUT2D eigenvalue weighted by Crippen LogP contribution is 2.19. The van der Waals surface area contributed by atoms with Gasteiger partial charge in [-0.2, -0.15) is 0 Å². The highest BCUT2D eigenvalue weighted by atomic mass is 16.4. The molecule has 0 saturated heterocycles. The van der Waals surface area contributed by atoms with Crippen LogP contribution in [0.1, 0.15) is 24.0 Å². The molecule has 2 aromatic rings. The molecule has 104 valence electrons.